The quantitative estimate of drug-likeness (QED) is 0.898. The van der Waals surface area contributed by atoms with Gasteiger partial charge in [0.15, 0.2) is 0 Å². The normalized spacial score (nSPS) is 21.6. The summed E-state index contributed by atoms with van der Waals surface area (Å²) in [5.41, 5.74) is 1.40. The van der Waals surface area contributed by atoms with E-state index in [1.807, 2.05) is 24.3 Å². The molecule has 1 aliphatic heterocycles. The molecule has 1 N–H and O–H groups in total. The molecule has 26 heavy (non-hydrogen) atoms. The fourth-order valence-electron chi connectivity index (χ4n) is 3.43. The summed E-state index contributed by atoms with van der Waals surface area (Å²) < 4.78 is 5.89. The number of anilines is 1. The SMILES string of the molecule is C[C@H]1C[C@@H]1c1ccc(CN(C)C(=O)c2ccc(N3CCNC3=O)cc2)o1. The van der Waals surface area contributed by atoms with Crippen LogP contribution in [0.15, 0.2) is 40.8 Å². The molecule has 1 saturated carbocycles. The highest BCUT2D eigenvalue weighted by atomic mass is 16.3. The zero-order valence-corrected chi connectivity index (χ0v) is 15.1. The number of urea groups is 1. The standard InChI is InChI=1S/C20H23N3O3/c1-13-11-17(13)18-8-7-16(26-18)12-22(2)19(24)14-3-5-15(6-4-14)23-10-9-21-20(23)25/h3-8,13,17H,9-12H2,1-2H3,(H,21,25)/t13-,17-/m0/s1. The van der Waals surface area contributed by atoms with Crippen LogP contribution in [0.25, 0.3) is 0 Å². The lowest BCUT2D eigenvalue weighted by molar-refractivity contribution is 0.0775. The van der Waals surface area contributed by atoms with E-state index in [4.69, 9.17) is 4.42 Å². The summed E-state index contributed by atoms with van der Waals surface area (Å²) in [6.07, 6.45) is 1.18. The molecule has 2 fully saturated rings. The maximum atomic E-state index is 12.6. The van der Waals surface area contributed by atoms with Crippen LogP contribution < -0.4 is 10.2 Å². The van der Waals surface area contributed by atoms with E-state index in [9.17, 15) is 9.59 Å². The Hall–Kier alpha value is -2.76. The third-order valence-corrected chi connectivity index (χ3v) is 5.18. The number of furan rings is 1. The lowest BCUT2D eigenvalue weighted by atomic mass is 10.1. The number of nitrogens with zero attached hydrogens (tertiary/aromatic N) is 2. The van der Waals surface area contributed by atoms with Gasteiger partial charge in [-0.1, -0.05) is 6.92 Å². The summed E-state index contributed by atoms with van der Waals surface area (Å²) in [6.45, 7) is 3.95. The average molecular weight is 353 g/mol. The highest BCUT2D eigenvalue weighted by Gasteiger charge is 2.36. The Morgan fingerprint density at radius 3 is 2.62 bits per heavy atom. The summed E-state index contributed by atoms with van der Waals surface area (Å²) in [7, 11) is 1.77. The monoisotopic (exact) mass is 353 g/mol. The summed E-state index contributed by atoms with van der Waals surface area (Å²) in [6, 6.07) is 11.0. The molecule has 0 bridgehead atoms. The first-order valence-electron chi connectivity index (χ1n) is 9.02. The molecule has 136 valence electrons. The number of nitrogens with one attached hydrogen (secondary N) is 1. The third kappa shape index (κ3) is 3.19. The lowest BCUT2D eigenvalue weighted by Gasteiger charge is -2.17. The van der Waals surface area contributed by atoms with Crippen molar-refractivity contribution < 1.29 is 14.0 Å². The van der Waals surface area contributed by atoms with E-state index in [2.05, 4.69) is 12.2 Å². The van der Waals surface area contributed by atoms with Gasteiger partial charge in [0, 0.05) is 37.3 Å². The van der Waals surface area contributed by atoms with E-state index < -0.39 is 0 Å². The van der Waals surface area contributed by atoms with Crippen LogP contribution in [-0.2, 0) is 6.54 Å². The van der Waals surface area contributed by atoms with Gasteiger partial charge in [0.05, 0.1) is 6.54 Å². The second-order valence-electron chi connectivity index (χ2n) is 7.22. The highest BCUT2D eigenvalue weighted by molar-refractivity contribution is 5.96. The van der Waals surface area contributed by atoms with Crippen LogP contribution in [-0.4, -0.2) is 37.0 Å². The Morgan fingerprint density at radius 1 is 1.27 bits per heavy atom. The zero-order valence-electron chi connectivity index (χ0n) is 15.1. The number of benzene rings is 1. The molecule has 0 spiro atoms. The Labute approximate surface area is 152 Å². The van der Waals surface area contributed by atoms with Crippen molar-refractivity contribution >= 4 is 17.6 Å². The van der Waals surface area contributed by atoms with E-state index in [0.29, 0.717) is 37.0 Å². The van der Waals surface area contributed by atoms with Gasteiger partial charge in [-0.05, 0) is 48.7 Å². The smallest absolute Gasteiger partial charge is 0.321 e. The van der Waals surface area contributed by atoms with Gasteiger partial charge in [0.25, 0.3) is 5.91 Å². The Bertz CT molecular complexity index is 827. The number of hydrogen-bond acceptors (Lipinski definition) is 3. The zero-order chi connectivity index (χ0) is 18.3. The third-order valence-electron chi connectivity index (χ3n) is 5.18. The molecule has 1 aliphatic carbocycles. The first-order chi connectivity index (χ1) is 12.5. The second kappa shape index (κ2) is 6.52. The van der Waals surface area contributed by atoms with Crippen LogP contribution in [0.1, 0.15) is 41.1 Å². The maximum Gasteiger partial charge on any atom is 0.321 e. The first kappa shape index (κ1) is 16.7. The van der Waals surface area contributed by atoms with Gasteiger partial charge in [-0.3, -0.25) is 9.69 Å². The molecule has 1 saturated heterocycles. The van der Waals surface area contributed by atoms with Gasteiger partial charge < -0.3 is 14.6 Å². The van der Waals surface area contributed by atoms with Crippen molar-refractivity contribution in [1.29, 1.82) is 0 Å². The van der Waals surface area contributed by atoms with Gasteiger partial charge in [-0.2, -0.15) is 0 Å². The minimum atomic E-state index is -0.0974. The van der Waals surface area contributed by atoms with Crippen molar-refractivity contribution in [3.05, 3.63) is 53.5 Å². The summed E-state index contributed by atoms with van der Waals surface area (Å²) in [5.74, 6) is 3.01. The summed E-state index contributed by atoms with van der Waals surface area (Å²) in [4.78, 5) is 27.7. The van der Waals surface area contributed by atoms with Crippen LogP contribution in [0.3, 0.4) is 0 Å². The molecular formula is C20H23N3O3. The Kier molecular flexibility index (Phi) is 4.18. The molecule has 2 atom stereocenters. The Morgan fingerprint density at radius 2 is 2.00 bits per heavy atom. The number of hydrogen-bond donors (Lipinski definition) is 1. The number of rotatable bonds is 5. The number of amides is 3. The molecule has 4 rings (SSSR count). The fourth-order valence-corrected chi connectivity index (χ4v) is 3.43. The van der Waals surface area contributed by atoms with E-state index in [1.54, 1.807) is 29.0 Å². The molecule has 6 nitrogen and oxygen atoms in total. The minimum absolute atomic E-state index is 0.0693. The molecule has 0 radical (unpaired) electrons. The van der Waals surface area contributed by atoms with Crippen LogP contribution in [0.4, 0.5) is 10.5 Å². The van der Waals surface area contributed by atoms with Gasteiger partial charge in [0.1, 0.15) is 11.5 Å². The van der Waals surface area contributed by atoms with Gasteiger partial charge in [-0.25, -0.2) is 4.79 Å². The van der Waals surface area contributed by atoms with E-state index >= 15 is 0 Å². The number of carbonyl (C=O) groups is 2. The largest absolute Gasteiger partial charge is 0.464 e. The molecule has 2 heterocycles. The van der Waals surface area contributed by atoms with Crippen molar-refractivity contribution in [3.8, 4) is 0 Å². The van der Waals surface area contributed by atoms with Crippen LogP contribution in [0.5, 0.6) is 0 Å². The average Bonchev–Trinajstić information content (AvgIpc) is 3.01. The molecule has 1 aromatic carbocycles. The molecular weight excluding hydrogens is 330 g/mol. The molecule has 0 unspecified atom stereocenters. The molecule has 2 aromatic rings. The van der Waals surface area contributed by atoms with E-state index in [-0.39, 0.29) is 11.9 Å². The van der Waals surface area contributed by atoms with Crippen molar-refractivity contribution in [2.75, 3.05) is 25.0 Å². The van der Waals surface area contributed by atoms with Gasteiger partial charge >= 0.3 is 6.03 Å². The van der Waals surface area contributed by atoms with Crippen molar-refractivity contribution in [2.24, 2.45) is 5.92 Å². The van der Waals surface area contributed by atoms with Crippen LogP contribution >= 0.6 is 0 Å². The lowest BCUT2D eigenvalue weighted by Crippen LogP contribution is -2.28. The van der Waals surface area contributed by atoms with Gasteiger partial charge in [-0.15, -0.1) is 0 Å². The van der Waals surface area contributed by atoms with Crippen LogP contribution in [0.2, 0.25) is 0 Å². The minimum Gasteiger partial charge on any atom is -0.464 e. The topological polar surface area (TPSA) is 65.8 Å². The van der Waals surface area contributed by atoms with Crippen LogP contribution in [0, 0.1) is 5.92 Å². The summed E-state index contributed by atoms with van der Waals surface area (Å²) in [5, 5.41) is 2.77. The van der Waals surface area contributed by atoms with E-state index in [0.717, 1.165) is 17.2 Å². The highest BCUT2D eigenvalue weighted by Crippen LogP contribution is 2.47. The maximum absolute atomic E-state index is 12.6. The van der Waals surface area contributed by atoms with Crippen molar-refractivity contribution in [1.82, 2.24) is 10.2 Å². The number of carbonyl (C=O) groups excluding carboxylic acids is 2. The summed E-state index contributed by atoms with van der Waals surface area (Å²) >= 11 is 0. The molecule has 6 heteroatoms. The molecule has 2 aliphatic rings. The predicted molar refractivity (Wildman–Crippen MR) is 98.2 cm³/mol. The van der Waals surface area contributed by atoms with Gasteiger partial charge in [0.2, 0.25) is 0 Å². The fraction of sp³-hybridized carbons (Fsp3) is 0.400. The first-order valence-corrected chi connectivity index (χ1v) is 9.02. The van der Waals surface area contributed by atoms with E-state index in [1.165, 1.54) is 6.42 Å². The van der Waals surface area contributed by atoms with Crippen molar-refractivity contribution in [3.63, 3.8) is 0 Å². The van der Waals surface area contributed by atoms with Crippen molar-refractivity contribution in [2.45, 2.75) is 25.8 Å². The predicted octanol–water partition coefficient (Wildman–Crippen LogP) is 3.20. The molecule has 1 aromatic heterocycles. The Balaban J connectivity index is 1.40. The molecule has 3 amide bonds. The second-order valence-corrected chi connectivity index (χ2v) is 7.22.